The summed E-state index contributed by atoms with van der Waals surface area (Å²) in [5.41, 5.74) is 1.07. The van der Waals surface area contributed by atoms with E-state index < -0.39 is 10.0 Å². The predicted octanol–water partition coefficient (Wildman–Crippen LogP) is 2.19. The van der Waals surface area contributed by atoms with E-state index in [0.29, 0.717) is 16.1 Å². The van der Waals surface area contributed by atoms with Gasteiger partial charge >= 0.3 is 0 Å². The number of rotatable bonds is 7. The Bertz CT molecular complexity index is 764. The van der Waals surface area contributed by atoms with Gasteiger partial charge in [-0.1, -0.05) is 54.1 Å². The monoisotopic (exact) mass is 352 g/mol. The van der Waals surface area contributed by atoms with E-state index >= 15 is 0 Å². The van der Waals surface area contributed by atoms with Crippen molar-refractivity contribution in [1.29, 1.82) is 0 Å². The molecule has 0 aliphatic carbocycles. The van der Waals surface area contributed by atoms with Crippen LogP contribution in [-0.4, -0.2) is 27.4 Å². The van der Waals surface area contributed by atoms with Crippen LogP contribution in [0, 0.1) is 0 Å². The van der Waals surface area contributed by atoms with E-state index in [2.05, 4.69) is 10.0 Å². The number of hydrogen-bond donors (Lipinski definition) is 2. The van der Waals surface area contributed by atoms with Crippen molar-refractivity contribution < 1.29 is 13.2 Å². The maximum atomic E-state index is 11.9. The van der Waals surface area contributed by atoms with Crippen molar-refractivity contribution in [3.8, 4) is 0 Å². The van der Waals surface area contributed by atoms with E-state index in [4.69, 9.17) is 11.6 Å². The second kappa shape index (κ2) is 8.10. The molecule has 0 heterocycles. The summed E-state index contributed by atoms with van der Waals surface area (Å²) in [5, 5.41) is 2.98. The van der Waals surface area contributed by atoms with Crippen molar-refractivity contribution in [2.24, 2.45) is 0 Å². The number of hydrogen-bond acceptors (Lipinski definition) is 3. The lowest BCUT2D eigenvalue weighted by Gasteiger charge is -2.09. The van der Waals surface area contributed by atoms with Crippen molar-refractivity contribution >= 4 is 27.5 Å². The minimum Gasteiger partial charge on any atom is -0.351 e. The minimum atomic E-state index is -3.43. The molecule has 0 radical (unpaired) electrons. The lowest BCUT2D eigenvalue weighted by atomic mass is 10.2. The summed E-state index contributed by atoms with van der Waals surface area (Å²) < 4.78 is 26.3. The fraction of sp³-hybridized carbons (Fsp3) is 0.188. The third kappa shape index (κ3) is 5.67. The summed E-state index contributed by atoms with van der Waals surface area (Å²) in [4.78, 5) is 11.9. The normalized spacial score (nSPS) is 11.2. The van der Waals surface area contributed by atoms with Crippen molar-refractivity contribution in [2.75, 3.05) is 13.1 Å². The second-order valence-electron chi connectivity index (χ2n) is 4.87. The smallest absolute Gasteiger partial charge is 0.252 e. The van der Waals surface area contributed by atoms with Gasteiger partial charge in [0.15, 0.2) is 0 Å². The molecule has 23 heavy (non-hydrogen) atoms. The molecular formula is C16H17ClN2O3S. The van der Waals surface area contributed by atoms with E-state index in [-0.39, 0.29) is 24.7 Å². The SMILES string of the molecule is O=C(NCCNS(=O)(=O)Cc1ccccc1)c1ccccc1Cl. The summed E-state index contributed by atoms with van der Waals surface area (Å²) in [6.07, 6.45) is 0. The number of amides is 1. The van der Waals surface area contributed by atoms with Crippen LogP contribution in [0.25, 0.3) is 0 Å². The van der Waals surface area contributed by atoms with Gasteiger partial charge in [-0.05, 0) is 17.7 Å². The predicted molar refractivity (Wildman–Crippen MR) is 90.9 cm³/mol. The molecule has 0 saturated heterocycles. The van der Waals surface area contributed by atoms with Crippen molar-refractivity contribution in [1.82, 2.24) is 10.0 Å². The molecule has 0 atom stereocenters. The standard InChI is InChI=1S/C16H17ClN2O3S/c17-15-9-5-4-8-14(15)16(20)18-10-11-19-23(21,22)12-13-6-2-1-3-7-13/h1-9,19H,10-12H2,(H,18,20). The molecule has 0 bridgehead atoms. The van der Waals surface area contributed by atoms with Crippen LogP contribution in [0.15, 0.2) is 54.6 Å². The maximum Gasteiger partial charge on any atom is 0.252 e. The molecule has 2 N–H and O–H groups in total. The van der Waals surface area contributed by atoms with Crippen LogP contribution in [0.2, 0.25) is 5.02 Å². The van der Waals surface area contributed by atoms with Gasteiger partial charge < -0.3 is 5.32 Å². The Kier molecular flexibility index (Phi) is 6.15. The van der Waals surface area contributed by atoms with Gasteiger partial charge in [0.1, 0.15) is 0 Å². The Balaban J connectivity index is 1.79. The van der Waals surface area contributed by atoms with E-state index in [0.717, 1.165) is 0 Å². The highest BCUT2D eigenvalue weighted by Crippen LogP contribution is 2.14. The van der Waals surface area contributed by atoms with Gasteiger partial charge in [-0.25, -0.2) is 13.1 Å². The minimum absolute atomic E-state index is 0.0910. The first kappa shape index (κ1) is 17.5. The number of nitrogens with one attached hydrogen (secondary N) is 2. The number of carbonyl (C=O) groups is 1. The van der Waals surface area contributed by atoms with E-state index in [1.165, 1.54) is 0 Å². The molecular weight excluding hydrogens is 336 g/mol. The Morgan fingerprint density at radius 1 is 0.957 bits per heavy atom. The van der Waals surface area contributed by atoms with Gasteiger partial charge in [-0.2, -0.15) is 0 Å². The molecule has 7 heteroatoms. The Morgan fingerprint density at radius 2 is 1.61 bits per heavy atom. The third-order valence-corrected chi connectivity index (χ3v) is 4.74. The summed E-state index contributed by atoms with van der Waals surface area (Å²) in [6.45, 7) is 0.295. The summed E-state index contributed by atoms with van der Waals surface area (Å²) in [5.74, 6) is -0.426. The van der Waals surface area contributed by atoms with Gasteiger partial charge in [0.05, 0.1) is 16.3 Å². The van der Waals surface area contributed by atoms with Gasteiger partial charge in [0.25, 0.3) is 5.91 Å². The summed E-state index contributed by atoms with van der Waals surface area (Å²) in [6, 6.07) is 15.6. The van der Waals surface area contributed by atoms with Crippen LogP contribution in [0.3, 0.4) is 0 Å². The number of benzene rings is 2. The highest BCUT2D eigenvalue weighted by molar-refractivity contribution is 7.88. The molecule has 2 aromatic carbocycles. The number of carbonyl (C=O) groups excluding carboxylic acids is 1. The van der Waals surface area contributed by atoms with E-state index in [9.17, 15) is 13.2 Å². The molecule has 5 nitrogen and oxygen atoms in total. The zero-order valence-electron chi connectivity index (χ0n) is 12.3. The lowest BCUT2D eigenvalue weighted by Crippen LogP contribution is -2.35. The molecule has 122 valence electrons. The van der Waals surface area contributed by atoms with Crippen molar-refractivity contribution in [2.45, 2.75) is 5.75 Å². The molecule has 0 aliphatic rings. The summed E-state index contributed by atoms with van der Waals surface area (Å²) >= 11 is 5.92. The Morgan fingerprint density at radius 3 is 2.30 bits per heavy atom. The molecule has 0 unspecified atom stereocenters. The average molecular weight is 353 g/mol. The average Bonchev–Trinajstić information content (AvgIpc) is 2.52. The van der Waals surface area contributed by atoms with Gasteiger partial charge in [-0.15, -0.1) is 0 Å². The van der Waals surface area contributed by atoms with Crippen molar-refractivity contribution in [3.05, 3.63) is 70.7 Å². The third-order valence-electron chi connectivity index (χ3n) is 3.05. The molecule has 2 rings (SSSR count). The zero-order chi connectivity index (χ0) is 16.7. The fourth-order valence-electron chi connectivity index (χ4n) is 1.97. The largest absolute Gasteiger partial charge is 0.351 e. The topological polar surface area (TPSA) is 75.3 Å². The molecule has 1 amide bonds. The van der Waals surface area contributed by atoms with Crippen LogP contribution in [0.1, 0.15) is 15.9 Å². The number of halogens is 1. The second-order valence-corrected chi connectivity index (χ2v) is 7.09. The van der Waals surface area contributed by atoms with Crippen LogP contribution in [0.4, 0.5) is 0 Å². The molecule has 0 saturated carbocycles. The highest BCUT2D eigenvalue weighted by Gasteiger charge is 2.12. The van der Waals surface area contributed by atoms with Crippen LogP contribution in [-0.2, 0) is 15.8 Å². The van der Waals surface area contributed by atoms with E-state index in [1.807, 2.05) is 6.07 Å². The summed E-state index contributed by atoms with van der Waals surface area (Å²) in [7, 11) is -3.43. The molecule has 0 aromatic heterocycles. The van der Waals surface area contributed by atoms with Gasteiger partial charge in [0, 0.05) is 13.1 Å². The fourth-order valence-corrected chi connectivity index (χ4v) is 3.34. The molecule has 0 spiro atoms. The highest BCUT2D eigenvalue weighted by atomic mass is 35.5. The maximum absolute atomic E-state index is 11.9. The molecule has 0 fully saturated rings. The van der Waals surface area contributed by atoms with Crippen LogP contribution >= 0.6 is 11.6 Å². The number of sulfonamides is 1. The molecule has 0 aliphatic heterocycles. The first-order chi connectivity index (χ1) is 11.0. The van der Waals surface area contributed by atoms with E-state index in [1.54, 1.807) is 48.5 Å². The van der Waals surface area contributed by atoms with Crippen molar-refractivity contribution in [3.63, 3.8) is 0 Å². The van der Waals surface area contributed by atoms with Crippen LogP contribution in [0.5, 0.6) is 0 Å². The van der Waals surface area contributed by atoms with Crippen LogP contribution < -0.4 is 10.0 Å². The van der Waals surface area contributed by atoms with Gasteiger partial charge in [0.2, 0.25) is 10.0 Å². The molecule has 2 aromatic rings. The lowest BCUT2D eigenvalue weighted by molar-refractivity contribution is 0.0954. The Labute approximate surface area is 140 Å². The first-order valence-corrected chi connectivity index (χ1v) is 9.05. The quantitative estimate of drug-likeness (QED) is 0.750. The first-order valence-electron chi connectivity index (χ1n) is 7.02. The van der Waals surface area contributed by atoms with Gasteiger partial charge in [-0.3, -0.25) is 4.79 Å². The zero-order valence-corrected chi connectivity index (χ0v) is 13.9. The Hall–Kier alpha value is -1.89.